The Morgan fingerprint density at radius 2 is 1.21 bits per heavy atom. The topological polar surface area (TPSA) is 132 Å². The van der Waals surface area contributed by atoms with Gasteiger partial charge in [0.25, 0.3) is 0 Å². The summed E-state index contributed by atoms with van der Waals surface area (Å²) in [6.45, 7) is 0. The average molecular weight is 293 g/mol. The molecule has 0 amide bonds. The minimum Gasteiger partial charge on any atom is -0.481 e. The van der Waals surface area contributed by atoms with Gasteiger partial charge in [0.15, 0.2) is 5.60 Å². The van der Waals surface area contributed by atoms with E-state index in [2.05, 4.69) is 0 Å². The van der Waals surface area contributed by atoms with Crippen molar-refractivity contribution in [3.8, 4) is 0 Å². The van der Waals surface area contributed by atoms with Crippen LogP contribution in [0.4, 0.5) is 0 Å². The minimum atomic E-state index is -2.74. The first-order valence-electron chi connectivity index (χ1n) is 3.17. The second-order valence-electron chi connectivity index (χ2n) is 2.48. The predicted octanol–water partition coefficient (Wildman–Crippen LogP) is -1.25. The molecule has 0 atom stereocenters. The minimum absolute atomic E-state index is 0. The van der Waals surface area contributed by atoms with Crippen molar-refractivity contribution in [3.05, 3.63) is 0 Å². The van der Waals surface area contributed by atoms with Crippen LogP contribution in [0.3, 0.4) is 0 Å². The van der Waals surface area contributed by atoms with Crippen LogP contribution in [0, 0.1) is 0 Å². The van der Waals surface area contributed by atoms with E-state index in [-0.39, 0.29) is 19.5 Å². The third-order valence-electron chi connectivity index (χ3n) is 1.29. The third kappa shape index (κ3) is 4.88. The van der Waals surface area contributed by atoms with E-state index in [1.165, 1.54) is 0 Å². The van der Waals surface area contributed by atoms with Crippen LogP contribution in [-0.4, -0.2) is 43.9 Å². The first-order chi connectivity index (χ1) is 5.78. The molecule has 0 aliphatic carbocycles. The average Bonchev–Trinajstić information content (AvgIpc) is 1.82. The quantitative estimate of drug-likeness (QED) is 0.465. The number of carboxylic acid groups (broad SMARTS) is 3. The molecule has 0 heterocycles. The van der Waals surface area contributed by atoms with Gasteiger partial charge in [-0.3, -0.25) is 9.59 Å². The molecule has 7 nitrogen and oxygen atoms in total. The molecule has 0 aromatic heterocycles. The predicted molar refractivity (Wildman–Crippen MR) is 37.1 cm³/mol. The van der Waals surface area contributed by atoms with Gasteiger partial charge in [0, 0.05) is 19.5 Å². The van der Waals surface area contributed by atoms with Gasteiger partial charge >= 0.3 is 17.9 Å². The van der Waals surface area contributed by atoms with Gasteiger partial charge in [0.2, 0.25) is 0 Å². The largest absolute Gasteiger partial charge is 0.481 e. The molecule has 8 heteroatoms. The van der Waals surface area contributed by atoms with Crippen LogP contribution in [0.1, 0.15) is 12.8 Å². The van der Waals surface area contributed by atoms with Crippen LogP contribution >= 0.6 is 0 Å². The number of rotatable bonds is 5. The summed E-state index contributed by atoms with van der Waals surface area (Å²) in [5.74, 6) is -5.02. The molecule has 4 N–H and O–H groups in total. The summed E-state index contributed by atoms with van der Waals surface area (Å²) in [7, 11) is 0. The molecule has 0 aliphatic rings. The van der Waals surface area contributed by atoms with E-state index in [0.29, 0.717) is 0 Å². The monoisotopic (exact) mass is 294 g/mol. The molecule has 0 aromatic rings. The Bertz CT molecular complexity index is 233. The fourth-order valence-corrected chi connectivity index (χ4v) is 0.714. The van der Waals surface area contributed by atoms with Crippen molar-refractivity contribution >= 4 is 17.9 Å². The van der Waals surface area contributed by atoms with E-state index in [0.717, 1.165) is 0 Å². The zero-order valence-corrected chi connectivity index (χ0v) is 8.52. The van der Waals surface area contributed by atoms with Crippen molar-refractivity contribution in [1.29, 1.82) is 0 Å². The van der Waals surface area contributed by atoms with E-state index in [1.54, 1.807) is 0 Å². The first-order valence-corrected chi connectivity index (χ1v) is 3.17. The SMILES string of the molecule is O=C(O)CC(O)(CC(=O)O)C(=O)O.[Ru]. The van der Waals surface area contributed by atoms with Gasteiger partial charge < -0.3 is 20.4 Å². The van der Waals surface area contributed by atoms with Crippen LogP contribution in [0.15, 0.2) is 0 Å². The molecule has 0 bridgehead atoms. The van der Waals surface area contributed by atoms with Gasteiger partial charge in [-0.15, -0.1) is 0 Å². The summed E-state index contributed by atoms with van der Waals surface area (Å²) in [5.41, 5.74) is -2.74. The molecule has 14 heavy (non-hydrogen) atoms. The van der Waals surface area contributed by atoms with Gasteiger partial charge in [-0.2, -0.15) is 0 Å². The molecule has 0 saturated heterocycles. The van der Waals surface area contributed by atoms with E-state index in [9.17, 15) is 14.4 Å². The standard InChI is InChI=1S/C6H8O7.Ru/c7-3(8)1-6(13,5(11)12)2-4(9)10;/h13H,1-2H2,(H,7,8)(H,9,10)(H,11,12);. The molecule has 0 aromatic carbocycles. The molecule has 0 unspecified atom stereocenters. The van der Waals surface area contributed by atoms with Gasteiger partial charge in [-0.05, 0) is 0 Å². The van der Waals surface area contributed by atoms with Crippen LogP contribution in [-0.2, 0) is 33.9 Å². The Hall–Kier alpha value is -1.01. The summed E-state index contributed by atoms with van der Waals surface area (Å²) in [5, 5.41) is 33.8. The van der Waals surface area contributed by atoms with Crippen molar-refractivity contribution in [1.82, 2.24) is 0 Å². The van der Waals surface area contributed by atoms with Crippen LogP contribution in [0.2, 0.25) is 0 Å². The molecule has 0 rings (SSSR count). The number of hydrogen-bond donors (Lipinski definition) is 4. The second-order valence-corrected chi connectivity index (χ2v) is 2.48. The first kappa shape index (κ1) is 15.5. The summed E-state index contributed by atoms with van der Waals surface area (Å²) in [6, 6.07) is 0. The molecular weight excluding hydrogens is 285 g/mol. The van der Waals surface area contributed by atoms with E-state index in [1.807, 2.05) is 0 Å². The Balaban J connectivity index is 0. The molecule has 0 saturated carbocycles. The normalized spacial score (nSPS) is 10.1. The number of aliphatic carboxylic acids is 3. The zero-order valence-electron chi connectivity index (χ0n) is 6.78. The van der Waals surface area contributed by atoms with Crippen molar-refractivity contribution in [2.75, 3.05) is 0 Å². The Kier molecular flexibility index (Phi) is 6.26. The van der Waals surface area contributed by atoms with Gasteiger partial charge in [-0.1, -0.05) is 0 Å². The zero-order chi connectivity index (χ0) is 10.6. The van der Waals surface area contributed by atoms with Crippen LogP contribution in [0.25, 0.3) is 0 Å². The smallest absolute Gasteiger partial charge is 0.336 e. The summed E-state index contributed by atoms with van der Waals surface area (Å²) in [6.07, 6.45) is -2.29. The number of carboxylic acids is 3. The van der Waals surface area contributed by atoms with Crippen LogP contribution in [0.5, 0.6) is 0 Å². The van der Waals surface area contributed by atoms with Crippen LogP contribution < -0.4 is 0 Å². The number of aliphatic hydroxyl groups is 1. The maximum Gasteiger partial charge on any atom is 0.336 e. The fraction of sp³-hybridized carbons (Fsp3) is 0.500. The van der Waals surface area contributed by atoms with Crippen molar-refractivity contribution in [2.24, 2.45) is 0 Å². The summed E-state index contributed by atoms with van der Waals surface area (Å²) >= 11 is 0. The number of hydrogen-bond acceptors (Lipinski definition) is 4. The van der Waals surface area contributed by atoms with E-state index in [4.69, 9.17) is 20.4 Å². The van der Waals surface area contributed by atoms with Gasteiger partial charge in [0.1, 0.15) is 0 Å². The summed E-state index contributed by atoms with van der Waals surface area (Å²) in [4.78, 5) is 30.5. The molecule has 0 spiro atoms. The van der Waals surface area contributed by atoms with Gasteiger partial charge in [-0.25, -0.2) is 4.79 Å². The molecule has 0 aliphatic heterocycles. The Morgan fingerprint density at radius 1 is 0.929 bits per heavy atom. The second kappa shape index (κ2) is 5.67. The van der Waals surface area contributed by atoms with Crippen molar-refractivity contribution < 1.29 is 54.3 Å². The Labute approximate surface area is 91.1 Å². The molecular formula is C6H8O7Ru. The van der Waals surface area contributed by atoms with Gasteiger partial charge in [0.05, 0.1) is 12.8 Å². The number of carbonyl (C=O) groups is 3. The molecule has 0 radical (unpaired) electrons. The van der Waals surface area contributed by atoms with Crippen molar-refractivity contribution in [2.45, 2.75) is 18.4 Å². The van der Waals surface area contributed by atoms with E-state index < -0.39 is 36.4 Å². The third-order valence-corrected chi connectivity index (χ3v) is 1.29. The maximum absolute atomic E-state index is 10.3. The van der Waals surface area contributed by atoms with Crippen molar-refractivity contribution in [3.63, 3.8) is 0 Å². The maximum atomic E-state index is 10.3. The molecule has 0 fully saturated rings. The molecule has 82 valence electrons. The fourth-order valence-electron chi connectivity index (χ4n) is 0.714. The van der Waals surface area contributed by atoms with E-state index >= 15 is 0 Å². The summed E-state index contributed by atoms with van der Waals surface area (Å²) < 4.78 is 0. The Morgan fingerprint density at radius 3 is 1.36 bits per heavy atom.